The molecule has 0 aliphatic rings. The Morgan fingerprint density at radius 3 is 2.70 bits per heavy atom. The number of ether oxygens (including phenoxy) is 1. The molecule has 2 rings (SSSR count). The van der Waals surface area contributed by atoms with Crippen LogP contribution >= 0.6 is 0 Å². The predicted molar refractivity (Wildman–Crippen MR) is 66.5 cm³/mol. The zero-order valence-electron chi connectivity index (χ0n) is 10.6. The maximum absolute atomic E-state index is 12.3. The van der Waals surface area contributed by atoms with Crippen molar-refractivity contribution in [2.75, 3.05) is 6.61 Å². The monoisotopic (exact) mass is 299 g/mol. The van der Waals surface area contributed by atoms with Crippen molar-refractivity contribution in [1.82, 2.24) is 5.16 Å². The second-order valence-corrected chi connectivity index (χ2v) is 6.01. The van der Waals surface area contributed by atoms with Gasteiger partial charge in [-0.2, -0.15) is 0 Å². The molecule has 0 spiro atoms. The van der Waals surface area contributed by atoms with Gasteiger partial charge < -0.3 is 15.7 Å². The molecule has 0 saturated carbocycles. The fourth-order valence-electron chi connectivity index (χ4n) is 1.45. The molecule has 20 heavy (non-hydrogen) atoms. The second kappa shape index (κ2) is 5.47. The summed E-state index contributed by atoms with van der Waals surface area (Å²) in [5, 5.41) is 14.1. The first-order valence-electron chi connectivity index (χ1n) is 5.71. The summed E-state index contributed by atoms with van der Waals surface area (Å²) < 4.78 is 34.1. The number of nitrogens with two attached hydrogens (primary N) is 1. The highest BCUT2D eigenvalue weighted by atomic mass is 32.2. The summed E-state index contributed by atoms with van der Waals surface area (Å²) >= 11 is 0. The van der Waals surface area contributed by atoms with E-state index in [1.807, 2.05) is 0 Å². The van der Waals surface area contributed by atoms with Gasteiger partial charge in [-0.25, -0.2) is 8.42 Å². The molecule has 0 radical (unpaired) electrons. The number of hydrogen-bond acceptors (Lipinski definition) is 7. The lowest BCUT2D eigenvalue weighted by Crippen LogP contribution is -2.31. The second-order valence-electron chi connectivity index (χ2n) is 4.15. The Morgan fingerprint density at radius 1 is 1.45 bits per heavy atom. The Balaban J connectivity index is 2.44. The van der Waals surface area contributed by atoms with Gasteiger partial charge in [-0.05, 0) is 24.0 Å². The van der Waals surface area contributed by atoms with Crippen molar-refractivity contribution in [3.63, 3.8) is 0 Å². The molecule has 108 valence electrons. The van der Waals surface area contributed by atoms with Gasteiger partial charge >= 0.3 is 10.9 Å². The molecule has 1 atom stereocenters. The molecule has 2 aromatic rings. The van der Waals surface area contributed by atoms with Gasteiger partial charge in [0, 0.05) is 6.04 Å². The highest BCUT2D eigenvalue weighted by Gasteiger charge is 2.35. The van der Waals surface area contributed by atoms with Gasteiger partial charge in [-0.1, -0.05) is 18.2 Å². The van der Waals surface area contributed by atoms with Crippen LogP contribution in [0.3, 0.4) is 0 Å². The van der Waals surface area contributed by atoms with Crippen molar-refractivity contribution in [2.45, 2.75) is 22.9 Å². The highest BCUT2D eigenvalue weighted by molar-refractivity contribution is 7.91. The van der Waals surface area contributed by atoms with Gasteiger partial charge in [0.2, 0.25) is 0 Å². The van der Waals surface area contributed by atoms with Crippen LogP contribution in [-0.4, -0.2) is 26.2 Å². The van der Waals surface area contributed by atoms with E-state index in [9.17, 15) is 13.6 Å². The Kier molecular flexibility index (Phi) is 3.91. The summed E-state index contributed by atoms with van der Waals surface area (Å²) in [4.78, 5) is -0.253. The fraction of sp³-hybridized carbons (Fsp3) is 0.273. The van der Waals surface area contributed by atoms with E-state index in [1.54, 1.807) is 13.0 Å². The first-order valence-corrected chi connectivity index (χ1v) is 7.19. The molecule has 0 amide bonds. The normalized spacial score (nSPS) is 13.1. The molecule has 2 N–H and O–H groups in total. The smallest absolute Gasteiger partial charge is 0.415 e. The molecular weight excluding hydrogens is 286 g/mol. The minimum atomic E-state index is -4.08. The van der Waals surface area contributed by atoms with E-state index >= 15 is 0 Å². The largest absolute Gasteiger partial charge is 0.453 e. The number of hydrogen-bond donors (Lipinski definition) is 1. The van der Waals surface area contributed by atoms with Crippen LogP contribution in [0.5, 0.6) is 5.88 Å². The van der Waals surface area contributed by atoms with E-state index < -0.39 is 20.7 Å². The molecule has 1 aromatic heterocycles. The Hall–Kier alpha value is -2.13. The lowest BCUT2D eigenvalue weighted by molar-refractivity contribution is -0.832. The lowest BCUT2D eigenvalue weighted by atomic mass is 10.4. The molecule has 0 aliphatic carbocycles. The van der Waals surface area contributed by atoms with Crippen LogP contribution in [0.15, 0.2) is 44.9 Å². The highest BCUT2D eigenvalue weighted by Crippen LogP contribution is 2.24. The number of nitrogens with zero attached hydrogens (tertiary/aromatic N) is 2. The van der Waals surface area contributed by atoms with E-state index in [4.69, 9.17) is 10.5 Å². The zero-order chi connectivity index (χ0) is 14.8. The minimum absolute atomic E-state index is 0.00381. The first-order chi connectivity index (χ1) is 9.43. The van der Waals surface area contributed by atoms with E-state index in [0.29, 0.717) is 0 Å². The fourth-order valence-corrected chi connectivity index (χ4v) is 2.75. The van der Waals surface area contributed by atoms with Gasteiger partial charge in [0.1, 0.15) is 6.61 Å². The minimum Gasteiger partial charge on any atom is -0.453 e. The Labute approximate surface area is 115 Å². The van der Waals surface area contributed by atoms with Crippen molar-refractivity contribution in [1.29, 1.82) is 0 Å². The number of aromatic nitrogens is 2. The third-order valence-electron chi connectivity index (χ3n) is 2.34. The molecular formula is C11H13N3O5S. The van der Waals surface area contributed by atoms with Gasteiger partial charge in [-0.3, -0.25) is 4.63 Å². The van der Waals surface area contributed by atoms with Crippen molar-refractivity contribution in [2.24, 2.45) is 5.73 Å². The third-order valence-corrected chi connectivity index (χ3v) is 4.06. The van der Waals surface area contributed by atoms with Gasteiger partial charge in [0.05, 0.1) is 10.1 Å². The summed E-state index contributed by atoms with van der Waals surface area (Å²) in [6.07, 6.45) is 0. The van der Waals surface area contributed by atoms with Crippen molar-refractivity contribution >= 4 is 9.84 Å². The molecule has 1 aromatic carbocycles. The molecule has 1 unspecified atom stereocenters. The third kappa shape index (κ3) is 2.73. The lowest BCUT2D eigenvalue weighted by Gasteiger charge is -2.05. The summed E-state index contributed by atoms with van der Waals surface area (Å²) in [6, 6.07) is 7.11. The van der Waals surface area contributed by atoms with Crippen LogP contribution < -0.4 is 15.4 Å². The molecule has 0 aliphatic heterocycles. The van der Waals surface area contributed by atoms with Crippen molar-refractivity contribution in [3.05, 3.63) is 35.5 Å². The van der Waals surface area contributed by atoms with Crippen molar-refractivity contribution in [3.8, 4) is 5.88 Å². The standard InChI is InChI=1S/C11H13N3O5S/c1-8(12)7-18-10-11(14(15)19-13-10)20(16,17)9-5-3-2-4-6-9/h2-6,8H,7,12H2,1H3. The maximum Gasteiger partial charge on any atom is 0.415 e. The first kappa shape index (κ1) is 14.3. The van der Waals surface area contributed by atoms with E-state index in [-0.39, 0.29) is 22.4 Å². The molecule has 9 heteroatoms. The number of rotatable bonds is 5. The molecule has 0 saturated heterocycles. The van der Waals surface area contributed by atoms with Crippen LogP contribution in [0.4, 0.5) is 0 Å². The topological polar surface area (TPSA) is 122 Å². The number of sulfone groups is 1. The van der Waals surface area contributed by atoms with Gasteiger partial charge in [-0.15, -0.1) is 0 Å². The van der Waals surface area contributed by atoms with Gasteiger partial charge in [0.15, 0.2) is 0 Å². The summed E-state index contributed by atoms with van der Waals surface area (Å²) in [6.45, 7) is 1.67. The Morgan fingerprint density at radius 2 is 2.10 bits per heavy atom. The average Bonchev–Trinajstić information content (AvgIpc) is 2.79. The van der Waals surface area contributed by atoms with Crippen LogP contribution in [0.25, 0.3) is 0 Å². The average molecular weight is 299 g/mol. The van der Waals surface area contributed by atoms with Gasteiger partial charge in [0.25, 0.3) is 9.84 Å². The zero-order valence-corrected chi connectivity index (χ0v) is 11.4. The van der Waals surface area contributed by atoms with E-state index in [1.165, 1.54) is 24.3 Å². The maximum atomic E-state index is 12.3. The predicted octanol–water partition coefficient (Wildman–Crippen LogP) is -0.133. The van der Waals surface area contributed by atoms with E-state index in [0.717, 1.165) is 0 Å². The quantitative estimate of drug-likeness (QED) is 0.763. The van der Waals surface area contributed by atoms with Crippen LogP contribution in [-0.2, 0) is 9.84 Å². The van der Waals surface area contributed by atoms with Crippen LogP contribution in [0.1, 0.15) is 6.92 Å². The summed E-state index contributed by atoms with van der Waals surface area (Å²) in [5.74, 6) is -0.402. The Bertz CT molecular complexity index is 681. The van der Waals surface area contributed by atoms with Crippen LogP contribution in [0.2, 0.25) is 0 Å². The van der Waals surface area contributed by atoms with E-state index in [2.05, 4.69) is 9.79 Å². The van der Waals surface area contributed by atoms with Crippen molar-refractivity contribution < 1.29 is 22.7 Å². The summed E-state index contributed by atoms with van der Waals surface area (Å²) in [7, 11) is -4.08. The number of benzene rings is 1. The van der Waals surface area contributed by atoms with Crippen LogP contribution in [0, 0.1) is 5.21 Å². The molecule has 0 fully saturated rings. The molecule has 8 nitrogen and oxygen atoms in total. The molecule has 0 bridgehead atoms. The molecule has 1 heterocycles. The SMILES string of the molecule is CC(N)COc1no[n+]([O-])c1S(=O)(=O)c1ccccc1. The summed E-state index contributed by atoms with van der Waals surface area (Å²) in [5.41, 5.74) is 5.50.